The van der Waals surface area contributed by atoms with E-state index in [-0.39, 0.29) is 6.04 Å². The standard InChI is InChI=1S/C20H28ClN5/c1-15-11-13-25(14-12-15)19(16-7-9-17(21)10-8-16)20-22-23-24-26(20)18-5-3-2-4-6-18/h7-10,15,18-19H,2-6,11-14H2,1H3/p+1/t19-/m1/s1. The van der Waals surface area contributed by atoms with Crippen molar-refractivity contribution in [3.05, 3.63) is 40.7 Å². The number of nitrogens with one attached hydrogen (secondary N) is 1. The normalized spacial score (nSPS) is 25.9. The zero-order valence-electron chi connectivity index (χ0n) is 15.6. The summed E-state index contributed by atoms with van der Waals surface area (Å²) >= 11 is 6.15. The van der Waals surface area contributed by atoms with Crippen LogP contribution >= 0.6 is 11.6 Å². The first kappa shape index (κ1) is 17.9. The fourth-order valence-corrected chi connectivity index (χ4v) is 4.75. The molecule has 1 aromatic heterocycles. The summed E-state index contributed by atoms with van der Waals surface area (Å²) in [6.07, 6.45) is 8.82. The van der Waals surface area contributed by atoms with Crippen molar-refractivity contribution in [1.29, 1.82) is 0 Å². The van der Waals surface area contributed by atoms with E-state index in [9.17, 15) is 0 Å². The van der Waals surface area contributed by atoms with E-state index in [1.54, 1.807) is 4.90 Å². The number of benzene rings is 1. The lowest BCUT2D eigenvalue weighted by molar-refractivity contribution is -0.932. The summed E-state index contributed by atoms with van der Waals surface area (Å²) in [5, 5.41) is 13.8. The minimum absolute atomic E-state index is 0.191. The van der Waals surface area contributed by atoms with Crippen LogP contribution in [0, 0.1) is 5.92 Å². The van der Waals surface area contributed by atoms with Gasteiger partial charge in [-0.3, -0.25) is 0 Å². The van der Waals surface area contributed by atoms with E-state index in [4.69, 9.17) is 11.6 Å². The third-order valence-electron chi connectivity index (χ3n) is 6.23. The Morgan fingerprint density at radius 3 is 2.42 bits per heavy atom. The van der Waals surface area contributed by atoms with E-state index in [0.717, 1.165) is 16.8 Å². The van der Waals surface area contributed by atoms with E-state index in [1.807, 2.05) is 12.1 Å². The van der Waals surface area contributed by atoms with E-state index >= 15 is 0 Å². The summed E-state index contributed by atoms with van der Waals surface area (Å²) in [4.78, 5) is 1.58. The molecule has 26 heavy (non-hydrogen) atoms. The molecule has 140 valence electrons. The van der Waals surface area contributed by atoms with Crippen LogP contribution in [0.5, 0.6) is 0 Å². The third-order valence-corrected chi connectivity index (χ3v) is 6.48. The van der Waals surface area contributed by atoms with Crippen LogP contribution in [0.1, 0.15) is 75.3 Å². The van der Waals surface area contributed by atoms with Crippen LogP contribution in [-0.2, 0) is 0 Å². The number of rotatable bonds is 4. The van der Waals surface area contributed by atoms with Crippen LogP contribution in [0.25, 0.3) is 0 Å². The van der Waals surface area contributed by atoms with E-state index < -0.39 is 0 Å². The molecule has 0 bridgehead atoms. The molecule has 1 saturated carbocycles. The number of hydrogen-bond donors (Lipinski definition) is 1. The largest absolute Gasteiger partial charge is 0.322 e. The molecule has 6 heteroatoms. The second-order valence-corrected chi connectivity index (χ2v) is 8.54. The van der Waals surface area contributed by atoms with Crippen LogP contribution < -0.4 is 4.90 Å². The van der Waals surface area contributed by atoms with Crippen LogP contribution in [0.2, 0.25) is 5.02 Å². The molecule has 1 aliphatic heterocycles. The average molecular weight is 375 g/mol. The lowest BCUT2D eigenvalue weighted by atomic mass is 9.93. The maximum absolute atomic E-state index is 6.15. The van der Waals surface area contributed by atoms with E-state index in [0.29, 0.717) is 6.04 Å². The molecule has 4 rings (SSSR count). The summed E-state index contributed by atoms with van der Waals surface area (Å²) in [6, 6.07) is 8.92. The van der Waals surface area contributed by atoms with Crippen molar-refractivity contribution in [3.8, 4) is 0 Å². The predicted octanol–water partition coefficient (Wildman–Crippen LogP) is 3.24. The number of aromatic nitrogens is 4. The second kappa shape index (κ2) is 8.05. The summed E-state index contributed by atoms with van der Waals surface area (Å²) in [7, 11) is 0. The summed E-state index contributed by atoms with van der Waals surface area (Å²) < 4.78 is 2.14. The van der Waals surface area contributed by atoms with Gasteiger partial charge in [-0.1, -0.05) is 49.9 Å². The molecule has 2 aliphatic rings. The number of likely N-dealkylation sites (tertiary alicyclic amines) is 1. The Morgan fingerprint density at radius 1 is 1.04 bits per heavy atom. The Balaban J connectivity index is 1.69. The topological polar surface area (TPSA) is 48.0 Å². The van der Waals surface area contributed by atoms with E-state index in [1.165, 1.54) is 63.6 Å². The highest BCUT2D eigenvalue weighted by Crippen LogP contribution is 2.30. The Morgan fingerprint density at radius 2 is 1.73 bits per heavy atom. The molecule has 0 amide bonds. The van der Waals surface area contributed by atoms with Crippen molar-refractivity contribution >= 4 is 11.6 Å². The zero-order valence-corrected chi connectivity index (χ0v) is 16.3. The highest BCUT2D eigenvalue weighted by molar-refractivity contribution is 6.30. The highest BCUT2D eigenvalue weighted by atomic mass is 35.5. The number of tetrazole rings is 1. The van der Waals surface area contributed by atoms with Crippen molar-refractivity contribution in [3.63, 3.8) is 0 Å². The van der Waals surface area contributed by atoms with Crippen LogP contribution in [0.3, 0.4) is 0 Å². The van der Waals surface area contributed by atoms with Gasteiger partial charge in [0.15, 0.2) is 6.04 Å². The molecule has 1 aliphatic carbocycles. The van der Waals surface area contributed by atoms with Crippen molar-refractivity contribution in [2.45, 2.75) is 64.0 Å². The molecular formula is C20H29ClN5+. The van der Waals surface area contributed by atoms with Gasteiger partial charge in [-0.05, 0) is 54.2 Å². The molecule has 5 nitrogen and oxygen atoms in total. The van der Waals surface area contributed by atoms with Gasteiger partial charge >= 0.3 is 0 Å². The van der Waals surface area contributed by atoms with Gasteiger partial charge in [-0.25, -0.2) is 4.68 Å². The smallest absolute Gasteiger partial charge is 0.214 e. The first-order valence-corrected chi connectivity index (χ1v) is 10.5. The first-order chi connectivity index (χ1) is 12.7. The van der Waals surface area contributed by atoms with Crippen LogP contribution in [0.4, 0.5) is 0 Å². The second-order valence-electron chi connectivity index (χ2n) is 8.10. The maximum atomic E-state index is 6.15. The molecule has 1 atom stereocenters. The Labute approximate surface area is 160 Å². The lowest BCUT2D eigenvalue weighted by Gasteiger charge is -2.34. The molecule has 2 aromatic rings. The van der Waals surface area contributed by atoms with Crippen molar-refractivity contribution in [2.24, 2.45) is 5.92 Å². The number of halogens is 1. The van der Waals surface area contributed by atoms with Crippen molar-refractivity contribution < 1.29 is 4.90 Å². The lowest BCUT2D eigenvalue weighted by Crippen LogP contribution is -3.13. The minimum atomic E-state index is 0.191. The van der Waals surface area contributed by atoms with Crippen LogP contribution in [0.15, 0.2) is 24.3 Å². The molecular weight excluding hydrogens is 346 g/mol. The van der Waals surface area contributed by atoms with Gasteiger partial charge in [-0.15, -0.1) is 5.10 Å². The maximum Gasteiger partial charge on any atom is 0.214 e. The fraction of sp³-hybridized carbons (Fsp3) is 0.650. The van der Waals surface area contributed by atoms with Gasteiger partial charge in [0.1, 0.15) is 0 Å². The molecule has 0 unspecified atom stereocenters. The molecule has 0 radical (unpaired) electrons. The molecule has 1 aromatic carbocycles. The predicted molar refractivity (Wildman–Crippen MR) is 102 cm³/mol. The van der Waals surface area contributed by atoms with Gasteiger partial charge in [0, 0.05) is 10.6 Å². The zero-order chi connectivity index (χ0) is 17.9. The average Bonchev–Trinajstić information content (AvgIpc) is 3.15. The summed E-state index contributed by atoms with van der Waals surface area (Å²) in [6.45, 7) is 4.71. The SMILES string of the molecule is CC1CC[NH+]([C@H](c2ccc(Cl)cc2)c2nnnn2C2CCCCC2)CC1. The van der Waals surface area contributed by atoms with Gasteiger partial charge in [0.05, 0.1) is 19.1 Å². The fourth-order valence-electron chi connectivity index (χ4n) is 4.62. The number of piperidine rings is 1. The molecule has 2 fully saturated rings. The molecule has 1 N–H and O–H groups in total. The van der Waals surface area contributed by atoms with Gasteiger partial charge < -0.3 is 4.90 Å². The van der Waals surface area contributed by atoms with Gasteiger partial charge in [-0.2, -0.15) is 0 Å². The van der Waals surface area contributed by atoms with Crippen molar-refractivity contribution in [2.75, 3.05) is 13.1 Å². The monoisotopic (exact) mass is 374 g/mol. The Hall–Kier alpha value is -1.46. The summed E-state index contributed by atoms with van der Waals surface area (Å²) in [5.41, 5.74) is 1.27. The van der Waals surface area contributed by atoms with Gasteiger partial charge in [0.25, 0.3) is 0 Å². The first-order valence-electron chi connectivity index (χ1n) is 10.1. The number of quaternary nitrogens is 1. The Bertz CT molecular complexity index is 699. The molecule has 0 spiro atoms. The number of nitrogens with zero attached hydrogens (tertiary/aromatic N) is 4. The molecule has 1 saturated heterocycles. The van der Waals surface area contributed by atoms with Gasteiger partial charge in [0.2, 0.25) is 5.82 Å². The van der Waals surface area contributed by atoms with Crippen LogP contribution in [-0.4, -0.2) is 33.3 Å². The third kappa shape index (κ3) is 3.79. The summed E-state index contributed by atoms with van der Waals surface area (Å²) in [5.74, 6) is 1.85. The minimum Gasteiger partial charge on any atom is -0.322 e. The van der Waals surface area contributed by atoms with E-state index in [2.05, 4.69) is 39.3 Å². The van der Waals surface area contributed by atoms with Crippen molar-refractivity contribution in [1.82, 2.24) is 20.2 Å². The number of hydrogen-bond acceptors (Lipinski definition) is 3. The highest BCUT2D eigenvalue weighted by Gasteiger charge is 2.35. The molecule has 2 heterocycles. The Kier molecular flexibility index (Phi) is 5.55. The quantitative estimate of drug-likeness (QED) is 0.893.